The van der Waals surface area contributed by atoms with Gasteiger partial charge in [0.15, 0.2) is 0 Å². The van der Waals surface area contributed by atoms with Crippen molar-refractivity contribution in [2.75, 3.05) is 19.0 Å². The first-order chi connectivity index (χ1) is 14.7. The van der Waals surface area contributed by atoms with E-state index in [0.29, 0.717) is 11.3 Å². The zero-order valence-corrected chi connectivity index (χ0v) is 17.5. The number of ketones is 1. The van der Waals surface area contributed by atoms with Crippen LogP contribution in [-0.2, 0) is 16.6 Å². The minimum atomic E-state index is -0.916. The average molecular weight is 424 g/mol. The Morgan fingerprint density at radius 2 is 2.00 bits per heavy atom. The molecule has 1 aromatic heterocycles. The third-order valence-corrected chi connectivity index (χ3v) is 4.76. The van der Waals surface area contributed by atoms with Crippen LogP contribution in [0, 0.1) is 43.3 Å². The molecule has 2 amide bonds. The summed E-state index contributed by atoms with van der Waals surface area (Å²) >= 11 is 0. The largest absolute Gasteiger partial charge is 0.382 e. The summed E-state index contributed by atoms with van der Waals surface area (Å²) < 4.78 is 19.9. The molecule has 1 unspecified atom stereocenters. The van der Waals surface area contributed by atoms with Crippen LogP contribution in [0.3, 0.4) is 0 Å². The summed E-state index contributed by atoms with van der Waals surface area (Å²) in [6.07, 6.45) is 5.32. The molecule has 0 aliphatic heterocycles. The van der Waals surface area contributed by atoms with Crippen LogP contribution in [-0.4, -0.2) is 41.9 Å². The van der Waals surface area contributed by atoms with E-state index in [1.807, 2.05) is 0 Å². The predicted octanol–water partition coefficient (Wildman–Crippen LogP) is 1.85. The van der Waals surface area contributed by atoms with Crippen LogP contribution in [0.1, 0.15) is 37.7 Å². The first kappa shape index (κ1) is 23.3. The molecule has 0 aliphatic carbocycles. The van der Waals surface area contributed by atoms with E-state index in [2.05, 4.69) is 16.6 Å². The lowest BCUT2D eigenvalue weighted by molar-refractivity contribution is -0.117. The molecule has 0 aliphatic rings. The molecule has 2 aromatic rings. The average Bonchev–Trinajstić information content (AvgIpc) is 2.96. The Labute approximate surface area is 179 Å². The second kappa shape index (κ2) is 9.70. The zero-order valence-electron chi connectivity index (χ0n) is 17.5. The maximum absolute atomic E-state index is 13.5. The van der Waals surface area contributed by atoms with Crippen molar-refractivity contribution >= 4 is 23.3 Å². The highest BCUT2D eigenvalue weighted by Crippen LogP contribution is 2.23. The van der Waals surface area contributed by atoms with Gasteiger partial charge in [0.05, 0.1) is 17.7 Å². The van der Waals surface area contributed by atoms with E-state index in [1.54, 1.807) is 27.0 Å². The van der Waals surface area contributed by atoms with Crippen LogP contribution in [0.2, 0.25) is 0 Å². The molecule has 1 aromatic carbocycles. The zero-order chi connectivity index (χ0) is 23.3. The molecule has 0 saturated heterocycles. The fourth-order valence-electron chi connectivity index (χ4n) is 3.15. The monoisotopic (exact) mass is 424 g/mol. The van der Waals surface area contributed by atoms with Crippen LogP contribution in [0.25, 0.3) is 0 Å². The van der Waals surface area contributed by atoms with Gasteiger partial charge in [0, 0.05) is 25.5 Å². The molecule has 2 N–H and O–H groups in total. The van der Waals surface area contributed by atoms with Gasteiger partial charge in [0.25, 0.3) is 17.6 Å². The van der Waals surface area contributed by atoms with E-state index in [9.17, 15) is 18.8 Å². The van der Waals surface area contributed by atoms with Gasteiger partial charge in [-0.2, -0.15) is 5.26 Å². The molecule has 160 valence electrons. The van der Waals surface area contributed by atoms with Crippen LogP contribution in [0.5, 0.6) is 0 Å². The van der Waals surface area contributed by atoms with Crippen molar-refractivity contribution in [2.45, 2.75) is 19.9 Å². The number of rotatable bonds is 7. The topological polar surface area (TPSA) is 113 Å². The quantitative estimate of drug-likeness (QED) is 0.400. The Morgan fingerprint density at radius 1 is 1.32 bits per heavy atom. The number of methoxy groups -OCH3 is 1. The fourth-order valence-corrected chi connectivity index (χ4v) is 3.15. The van der Waals surface area contributed by atoms with Crippen LogP contribution < -0.4 is 10.6 Å². The summed E-state index contributed by atoms with van der Waals surface area (Å²) in [6.45, 7) is 3.18. The van der Waals surface area contributed by atoms with Gasteiger partial charge in [-0.05, 0) is 37.6 Å². The maximum Gasteiger partial charge on any atom is 0.293 e. The van der Waals surface area contributed by atoms with E-state index in [4.69, 9.17) is 16.4 Å². The van der Waals surface area contributed by atoms with Gasteiger partial charge < -0.3 is 19.9 Å². The second-order valence-electron chi connectivity index (χ2n) is 6.73. The molecule has 0 saturated carbocycles. The number of anilines is 1. The van der Waals surface area contributed by atoms with Crippen molar-refractivity contribution in [1.29, 1.82) is 5.26 Å². The number of Topliss-reactive ketones (excluding diaryl/α,β-unsaturated/α-hetero) is 1. The highest BCUT2D eigenvalue weighted by molar-refractivity contribution is 6.43. The number of ether oxygens (including phenoxy) is 1. The molecule has 1 atom stereocenters. The van der Waals surface area contributed by atoms with Crippen molar-refractivity contribution in [2.24, 2.45) is 7.05 Å². The summed E-state index contributed by atoms with van der Waals surface area (Å²) in [6, 6.07) is 4.51. The van der Waals surface area contributed by atoms with Crippen molar-refractivity contribution in [3.05, 3.63) is 52.1 Å². The minimum Gasteiger partial charge on any atom is -0.382 e. The molecular weight excluding hydrogens is 403 g/mol. The number of carbonyl (C=O) groups excluding carboxylic acids is 3. The van der Waals surface area contributed by atoms with E-state index in [0.717, 1.165) is 6.07 Å². The number of nitrogens with zero attached hydrogens (tertiary/aromatic N) is 2. The molecule has 0 radical (unpaired) electrons. The lowest BCUT2D eigenvalue weighted by Gasteiger charge is -2.11. The third kappa shape index (κ3) is 4.80. The van der Waals surface area contributed by atoms with Gasteiger partial charge in [0.2, 0.25) is 0 Å². The van der Waals surface area contributed by atoms with Gasteiger partial charge in [-0.15, -0.1) is 6.42 Å². The minimum absolute atomic E-state index is 0.0400. The van der Waals surface area contributed by atoms with E-state index < -0.39 is 29.5 Å². The Balaban J connectivity index is 2.34. The number of hydrogen-bond acceptors (Lipinski definition) is 5. The molecule has 0 bridgehead atoms. The smallest absolute Gasteiger partial charge is 0.293 e. The van der Waals surface area contributed by atoms with Crippen molar-refractivity contribution in [3.63, 3.8) is 0 Å². The third-order valence-electron chi connectivity index (χ3n) is 4.76. The molecule has 0 spiro atoms. The molecule has 2 rings (SSSR count). The molecule has 1 heterocycles. The summed E-state index contributed by atoms with van der Waals surface area (Å²) in [5, 5.41) is 13.9. The Hall–Kier alpha value is -3.95. The van der Waals surface area contributed by atoms with E-state index in [-0.39, 0.29) is 29.1 Å². The molecule has 8 nitrogen and oxygen atoms in total. The van der Waals surface area contributed by atoms with Crippen molar-refractivity contribution < 1.29 is 23.5 Å². The molecular formula is C22H21FN4O4. The number of benzene rings is 1. The van der Waals surface area contributed by atoms with E-state index in [1.165, 1.54) is 23.8 Å². The molecule has 31 heavy (non-hydrogen) atoms. The first-order valence-corrected chi connectivity index (χ1v) is 9.13. The lowest BCUT2D eigenvalue weighted by Crippen LogP contribution is -2.41. The SMILES string of the molecule is C#CC(COC)NC(=O)C(=O)c1c(C)c(C(=O)Nc2ccc(F)c(C#N)c2)n(C)c1C. The van der Waals surface area contributed by atoms with Gasteiger partial charge in [-0.1, -0.05) is 5.92 Å². The molecule has 9 heteroatoms. The van der Waals surface area contributed by atoms with Crippen molar-refractivity contribution in [1.82, 2.24) is 9.88 Å². The second-order valence-corrected chi connectivity index (χ2v) is 6.73. The van der Waals surface area contributed by atoms with Gasteiger partial charge in [-0.3, -0.25) is 14.4 Å². The number of carbonyl (C=O) groups is 3. The maximum atomic E-state index is 13.5. The Morgan fingerprint density at radius 3 is 2.58 bits per heavy atom. The van der Waals surface area contributed by atoms with Crippen LogP contribution in [0.15, 0.2) is 18.2 Å². The molecule has 0 fully saturated rings. The number of amides is 2. The number of hydrogen-bond donors (Lipinski definition) is 2. The standard InChI is InChI=1S/C22H21FN4O4/c1-6-15(11-31-5)25-22(30)20(28)18-12(2)19(27(4)13(18)3)21(29)26-16-7-8-17(23)14(9-16)10-24/h1,7-9,15H,11H2,2-5H3,(H,25,30)(H,26,29). The number of terminal acetylenes is 1. The first-order valence-electron chi connectivity index (χ1n) is 9.13. The van der Waals surface area contributed by atoms with Crippen LogP contribution >= 0.6 is 0 Å². The van der Waals surface area contributed by atoms with Crippen LogP contribution in [0.4, 0.5) is 10.1 Å². The number of nitrogens with one attached hydrogen (secondary N) is 2. The lowest BCUT2D eigenvalue weighted by atomic mass is 10.0. The van der Waals surface area contributed by atoms with Crippen molar-refractivity contribution in [3.8, 4) is 18.4 Å². The summed E-state index contributed by atoms with van der Waals surface area (Å²) in [5.74, 6) is -0.726. The summed E-state index contributed by atoms with van der Waals surface area (Å²) in [4.78, 5) is 38.0. The van der Waals surface area contributed by atoms with Gasteiger partial charge >= 0.3 is 0 Å². The number of aromatic nitrogens is 1. The summed E-state index contributed by atoms with van der Waals surface area (Å²) in [5.41, 5.74) is 0.914. The number of nitriles is 1. The highest BCUT2D eigenvalue weighted by Gasteiger charge is 2.29. The fraction of sp³-hybridized carbons (Fsp3) is 0.273. The summed E-state index contributed by atoms with van der Waals surface area (Å²) in [7, 11) is 2.99. The number of halogens is 1. The predicted molar refractivity (Wildman–Crippen MR) is 111 cm³/mol. The van der Waals surface area contributed by atoms with Gasteiger partial charge in [-0.25, -0.2) is 4.39 Å². The highest BCUT2D eigenvalue weighted by atomic mass is 19.1. The Bertz CT molecular complexity index is 1140. The Kier molecular flexibility index (Phi) is 7.30. The van der Waals surface area contributed by atoms with E-state index >= 15 is 0 Å². The normalized spacial score (nSPS) is 11.2. The van der Waals surface area contributed by atoms with Gasteiger partial charge in [0.1, 0.15) is 23.6 Å².